The summed E-state index contributed by atoms with van der Waals surface area (Å²) in [5.74, 6) is 0.289. The lowest BCUT2D eigenvalue weighted by atomic mass is 10.3. The number of hydrogen-bond donors (Lipinski definition) is 1. The van der Waals surface area contributed by atoms with Gasteiger partial charge < -0.3 is 0 Å². The summed E-state index contributed by atoms with van der Waals surface area (Å²) < 4.78 is 12.2. The minimum absolute atomic E-state index is 0.131. The molecule has 16 heavy (non-hydrogen) atoms. The highest BCUT2D eigenvalue weighted by molar-refractivity contribution is 7.84. The predicted octanol–water partition coefficient (Wildman–Crippen LogP) is -0.652. The maximum atomic E-state index is 11.4. The summed E-state index contributed by atoms with van der Waals surface area (Å²) in [6, 6.07) is 1.36. The second-order valence-corrected chi connectivity index (χ2v) is 4.89. The van der Waals surface area contributed by atoms with Crippen molar-refractivity contribution in [1.29, 1.82) is 5.26 Å². The fraction of sp³-hybridized carbons (Fsp3) is 0.444. The second kappa shape index (κ2) is 4.90. The Morgan fingerprint density at radius 2 is 2.25 bits per heavy atom. The number of nitrogens with zero attached hydrogens (tertiary/aromatic N) is 2. The largest absolute Gasteiger partial charge is 0.328 e. The predicted molar refractivity (Wildman–Crippen MR) is 59.7 cm³/mol. The van der Waals surface area contributed by atoms with Crippen LogP contribution in [-0.2, 0) is 10.8 Å². The van der Waals surface area contributed by atoms with E-state index < -0.39 is 22.0 Å². The van der Waals surface area contributed by atoms with Crippen LogP contribution >= 0.6 is 0 Å². The number of nitriles is 1. The fourth-order valence-electron chi connectivity index (χ4n) is 1.31. The van der Waals surface area contributed by atoms with Crippen molar-refractivity contribution < 1.29 is 4.21 Å². The van der Waals surface area contributed by atoms with E-state index in [1.54, 1.807) is 13.0 Å². The Morgan fingerprint density at radius 1 is 1.62 bits per heavy atom. The van der Waals surface area contributed by atoms with Gasteiger partial charge in [0.2, 0.25) is 0 Å². The van der Waals surface area contributed by atoms with E-state index in [0.29, 0.717) is 0 Å². The second-order valence-electron chi connectivity index (χ2n) is 3.41. The topological polar surface area (TPSA) is 95.7 Å². The van der Waals surface area contributed by atoms with Gasteiger partial charge in [-0.25, -0.2) is 4.79 Å². The van der Waals surface area contributed by atoms with Crippen molar-refractivity contribution in [3.8, 4) is 6.07 Å². The van der Waals surface area contributed by atoms with E-state index in [0.717, 1.165) is 0 Å². The van der Waals surface area contributed by atoms with Gasteiger partial charge in [-0.2, -0.15) is 5.26 Å². The van der Waals surface area contributed by atoms with Gasteiger partial charge in [-0.3, -0.25) is 18.6 Å². The van der Waals surface area contributed by atoms with Crippen molar-refractivity contribution in [2.45, 2.75) is 13.0 Å². The van der Waals surface area contributed by atoms with Crippen molar-refractivity contribution >= 4 is 10.8 Å². The van der Waals surface area contributed by atoms with E-state index in [9.17, 15) is 13.8 Å². The van der Waals surface area contributed by atoms with Crippen LogP contribution in [0.1, 0.15) is 18.5 Å². The van der Waals surface area contributed by atoms with Crippen LogP contribution in [0.15, 0.2) is 15.8 Å². The lowest BCUT2D eigenvalue weighted by molar-refractivity contribution is 0.560. The molecule has 1 heterocycles. The first-order chi connectivity index (χ1) is 7.45. The molecule has 1 aromatic rings. The lowest BCUT2D eigenvalue weighted by Crippen LogP contribution is -2.34. The third-order valence-corrected chi connectivity index (χ3v) is 2.99. The highest BCUT2D eigenvalue weighted by Crippen LogP contribution is 2.02. The molecule has 0 aliphatic carbocycles. The van der Waals surface area contributed by atoms with E-state index in [1.165, 1.54) is 17.0 Å². The molecule has 0 amide bonds. The maximum Gasteiger partial charge on any atom is 0.328 e. The average Bonchev–Trinajstić information content (AvgIpc) is 2.16. The summed E-state index contributed by atoms with van der Waals surface area (Å²) in [5.41, 5.74) is -1.43. The number of hydrogen-bond acceptors (Lipinski definition) is 4. The summed E-state index contributed by atoms with van der Waals surface area (Å²) in [5, 5.41) is 8.65. The average molecular weight is 241 g/mol. The van der Waals surface area contributed by atoms with Gasteiger partial charge in [0.15, 0.2) is 0 Å². The summed E-state index contributed by atoms with van der Waals surface area (Å²) in [6.45, 7) is 1.70. The van der Waals surface area contributed by atoms with E-state index in [-0.39, 0.29) is 17.4 Å². The molecule has 0 bridgehead atoms. The Morgan fingerprint density at radius 3 is 2.75 bits per heavy atom. The molecule has 6 nitrogen and oxygen atoms in total. The summed E-state index contributed by atoms with van der Waals surface area (Å²) in [4.78, 5) is 24.6. The van der Waals surface area contributed by atoms with Crippen molar-refractivity contribution in [3.05, 3.63) is 32.6 Å². The molecule has 1 rings (SSSR count). The SMILES string of the molecule is CC(CS(C)=O)n1cc(C#N)c(=O)[nH]c1=O. The summed E-state index contributed by atoms with van der Waals surface area (Å²) >= 11 is 0. The molecule has 0 saturated carbocycles. The van der Waals surface area contributed by atoms with Gasteiger partial charge in [-0.05, 0) is 6.92 Å². The highest BCUT2D eigenvalue weighted by Gasteiger charge is 2.11. The molecule has 2 atom stereocenters. The number of rotatable bonds is 3. The van der Waals surface area contributed by atoms with Crippen LogP contribution in [0.25, 0.3) is 0 Å². The Balaban J connectivity index is 3.25. The molecule has 0 aliphatic rings. The Labute approximate surface area is 94.0 Å². The van der Waals surface area contributed by atoms with Crippen molar-refractivity contribution in [1.82, 2.24) is 9.55 Å². The first-order valence-electron chi connectivity index (χ1n) is 4.51. The lowest BCUT2D eigenvalue weighted by Gasteiger charge is -2.12. The molecule has 0 aromatic carbocycles. The quantitative estimate of drug-likeness (QED) is 0.760. The normalized spacial score (nSPS) is 14.1. The molecule has 1 N–H and O–H groups in total. The van der Waals surface area contributed by atoms with Crippen LogP contribution in [0.2, 0.25) is 0 Å². The summed E-state index contributed by atoms with van der Waals surface area (Å²) in [6.07, 6.45) is 2.72. The molecule has 0 fully saturated rings. The molecule has 0 spiro atoms. The minimum atomic E-state index is -1.05. The first-order valence-corrected chi connectivity index (χ1v) is 6.24. The number of aromatic amines is 1. The van der Waals surface area contributed by atoms with Gasteiger partial charge in [0.25, 0.3) is 5.56 Å². The molecule has 1 aromatic heterocycles. The molecular formula is C9H11N3O3S. The van der Waals surface area contributed by atoms with Gasteiger partial charge >= 0.3 is 5.69 Å². The van der Waals surface area contributed by atoms with Crippen LogP contribution < -0.4 is 11.2 Å². The fourth-order valence-corrected chi connectivity index (χ4v) is 2.15. The number of H-pyrrole nitrogens is 1. The molecule has 86 valence electrons. The number of aromatic nitrogens is 2. The Hall–Kier alpha value is -1.68. The molecule has 0 aliphatic heterocycles. The zero-order valence-electron chi connectivity index (χ0n) is 8.89. The molecule has 2 unspecified atom stereocenters. The van der Waals surface area contributed by atoms with Gasteiger partial charge in [0.1, 0.15) is 11.6 Å². The van der Waals surface area contributed by atoms with E-state index in [2.05, 4.69) is 0 Å². The maximum absolute atomic E-state index is 11.4. The third-order valence-electron chi connectivity index (χ3n) is 2.04. The molecular weight excluding hydrogens is 230 g/mol. The van der Waals surface area contributed by atoms with E-state index >= 15 is 0 Å². The third kappa shape index (κ3) is 2.67. The van der Waals surface area contributed by atoms with Crippen molar-refractivity contribution in [3.63, 3.8) is 0 Å². The van der Waals surface area contributed by atoms with Gasteiger partial charge in [-0.15, -0.1) is 0 Å². The molecule has 0 saturated heterocycles. The Kier molecular flexibility index (Phi) is 3.79. The van der Waals surface area contributed by atoms with Crippen LogP contribution in [0.3, 0.4) is 0 Å². The van der Waals surface area contributed by atoms with Gasteiger partial charge in [0.05, 0.1) is 0 Å². The van der Waals surface area contributed by atoms with Crippen molar-refractivity contribution in [2.24, 2.45) is 0 Å². The van der Waals surface area contributed by atoms with Gasteiger partial charge in [-0.1, -0.05) is 0 Å². The first kappa shape index (κ1) is 12.4. The van der Waals surface area contributed by atoms with Crippen LogP contribution in [0.4, 0.5) is 0 Å². The Bertz CT molecular complexity index is 567. The monoisotopic (exact) mass is 241 g/mol. The van der Waals surface area contributed by atoms with E-state index in [4.69, 9.17) is 5.26 Å². The highest BCUT2D eigenvalue weighted by atomic mass is 32.2. The molecule has 0 radical (unpaired) electrons. The number of nitrogens with one attached hydrogen (secondary N) is 1. The minimum Gasteiger partial charge on any atom is -0.296 e. The molecule has 7 heteroatoms. The standard InChI is InChI=1S/C9H11N3O3S/c1-6(5-16(2)15)12-4-7(3-10)8(13)11-9(12)14/h4,6H,5H2,1-2H3,(H,11,13,14). The van der Waals surface area contributed by atoms with Crippen molar-refractivity contribution in [2.75, 3.05) is 12.0 Å². The van der Waals surface area contributed by atoms with E-state index in [1.807, 2.05) is 4.98 Å². The van der Waals surface area contributed by atoms with Gasteiger partial charge in [0, 0.05) is 35.0 Å². The summed E-state index contributed by atoms with van der Waals surface area (Å²) in [7, 11) is -1.05. The van der Waals surface area contributed by atoms with Crippen LogP contribution in [0, 0.1) is 11.3 Å². The zero-order chi connectivity index (χ0) is 12.3. The smallest absolute Gasteiger partial charge is 0.296 e. The van der Waals surface area contributed by atoms with Crippen LogP contribution in [0.5, 0.6) is 0 Å². The van der Waals surface area contributed by atoms with Crippen LogP contribution in [-0.4, -0.2) is 25.8 Å². The zero-order valence-corrected chi connectivity index (χ0v) is 9.71.